The fourth-order valence-corrected chi connectivity index (χ4v) is 12.4. The Bertz CT molecular complexity index is 3690. The number of carboxylic acid groups (broad SMARTS) is 6. The highest BCUT2D eigenvalue weighted by Crippen LogP contribution is 2.39. The van der Waals surface area contributed by atoms with Crippen LogP contribution >= 0.6 is 0 Å². The number of aliphatic hydroxyl groups excluding tert-OH is 6. The minimum Gasteiger partial charge on any atom is -0.481 e. The maximum atomic E-state index is 13.8. The molecule has 1 heterocycles. The number of hydrogen-bond acceptors (Lipinski definition) is 51. The molecule has 0 radical (unpaired) electrons. The normalized spacial score (nSPS) is 22.0. The zero-order valence-electron chi connectivity index (χ0n) is 78.0. The molecule has 63 nitrogen and oxygen atoms in total. The van der Waals surface area contributed by atoms with Crippen LogP contribution in [0.3, 0.4) is 0 Å². The van der Waals surface area contributed by atoms with E-state index in [0.717, 1.165) is 0 Å². The molecule has 0 spiro atoms. The topological polar surface area (TPSA) is 1030 Å². The van der Waals surface area contributed by atoms with Gasteiger partial charge in [0.2, 0.25) is 35.4 Å². The quantitative estimate of drug-likeness (QED) is 0.0153. The Morgan fingerprint density at radius 2 is 0.303 bits per heavy atom. The SMILES string of the molecule is NCCNC(=O)CCC(=O)OC1C(OC(=O)CCC(=O)NCCN)C(OC(=O)CCC(=O)NCCN)C(OC(=O)CCC(=O)NCCN)C(OC(=O)CCC(=O)NCCN)C1OC(=O)CCC(=O)NCCN.O=C(O)CCC(=O)OC1C(OC(=O)CCC(=O)O)C(OC(=O)CCC(=O)O)C(OC(=O)CCC(=O)O)C(OC(=O)CCC(=O)O)C1OC(=O)CCC(=O)O.O=C1CCC(=O)O1.OC1C(O)C(O)C(O)C(O)C1O. The van der Waals surface area contributed by atoms with Gasteiger partial charge in [0.05, 0.1) is 128 Å². The van der Waals surface area contributed by atoms with E-state index in [0.29, 0.717) is 0 Å². The third-order valence-corrected chi connectivity index (χ3v) is 19.4. The van der Waals surface area contributed by atoms with Crippen LogP contribution in [0.15, 0.2) is 0 Å². The highest BCUT2D eigenvalue weighted by Gasteiger charge is 2.64. The molecule has 3 saturated carbocycles. The zero-order chi connectivity index (χ0) is 110. The van der Waals surface area contributed by atoms with E-state index < -0.39 is 419 Å². The number of hydrogen-bond donors (Lipinski definition) is 24. The second-order valence-electron chi connectivity index (χ2n) is 30.9. The molecule has 4 fully saturated rings. The smallest absolute Gasteiger partial charge is 0.314 e. The number of nitrogens with two attached hydrogens (primary N) is 6. The van der Waals surface area contributed by atoms with Crippen molar-refractivity contribution in [3.05, 3.63) is 0 Å². The molecule has 4 rings (SSSR count). The average Bonchev–Trinajstić information content (AvgIpc) is 1.01. The largest absolute Gasteiger partial charge is 0.481 e. The number of aliphatic hydroxyl groups is 6. The first kappa shape index (κ1) is 129. The lowest BCUT2D eigenvalue weighted by Crippen LogP contribution is -2.69. The molecule has 3 aliphatic carbocycles. The second kappa shape index (κ2) is 70.6. The third-order valence-electron chi connectivity index (χ3n) is 19.4. The second-order valence-corrected chi connectivity index (χ2v) is 30.9. The Kier molecular flexibility index (Phi) is 62.8. The van der Waals surface area contributed by atoms with Gasteiger partial charge in [-0.3, -0.25) is 125 Å². The lowest BCUT2D eigenvalue weighted by molar-refractivity contribution is -0.262. The van der Waals surface area contributed by atoms with Crippen LogP contribution in [-0.4, -0.2) is 405 Å². The molecule has 0 aromatic heterocycles. The average molecular weight is 2090 g/mol. The van der Waals surface area contributed by atoms with E-state index in [1.165, 1.54) is 0 Å². The number of carbonyl (C=O) groups excluding carboxylic acids is 20. The van der Waals surface area contributed by atoms with Crippen molar-refractivity contribution in [1.82, 2.24) is 31.9 Å². The predicted molar refractivity (Wildman–Crippen MR) is 464 cm³/mol. The highest BCUT2D eigenvalue weighted by atomic mass is 16.7. The summed E-state index contributed by atoms with van der Waals surface area (Å²) < 4.78 is 70.6. The molecule has 0 unspecified atom stereocenters. The maximum Gasteiger partial charge on any atom is 0.314 e. The van der Waals surface area contributed by atoms with Gasteiger partial charge in [-0.1, -0.05) is 0 Å². The van der Waals surface area contributed by atoms with Crippen LogP contribution in [0.2, 0.25) is 0 Å². The van der Waals surface area contributed by atoms with Gasteiger partial charge in [-0.05, 0) is 0 Å². The summed E-state index contributed by atoms with van der Waals surface area (Å²) in [4.78, 5) is 322. The molecule has 0 aromatic carbocycles. The van der Waals surface area contributed by atoms with Crippen molar-refractivity contribution in [2.45, 2.75) is 277 Å². The van der Waals surface area contributed by atoms with Crippen LogP contribution in [0, 0.1) is 0 Å². The van der Waals surface area contributed by atoms with Gasteiger partial charge in [0, 0.05) is 117 Å². The number of carbonyl (C=O) groups is 26. The summed E-state index contributed by atoms with van der Waals surface area (Å²) >= 11 is 0. The molecule has 818 valence electrons. The van der Waals surface area contributed by atoms with Gasteiger partial charge < -0.3 is 189 Å². The third kappa shape index (κ3) is 53.7. The lowest BCUT2D eigenvalue weighted by atomic mass is 9.83. The molecule has 1 aliphatic heterocycles. The molecular formula is C82H124N12O51. The minimum atomic E-state index is -2.39. The molecule has 4 aliphatic rings. The van der Waals surface area contributed by atoms with Gasteiger partial charge in [-0.15, -0.1) is 0 Å². The van der Waals surface area contributed by atoms with E-state index in [1.54, 1.807) is 0 Å². The first-order chi connectivity index (χ1) is 68.4. The van der Waals surface area contributed by atoms with Crippen molar-refractivity contribution in [2.75, 3.05) is 78.5 Å². The monoisotopic (exact) mass is 2090 g/mol. The number of cyclic esters (lactones) is 2. The van der Waals surface area contributed by atoms with Gasteiger partial charge in [-0.25, -0.2) is 0 Å². The van der Waals surface area contributed by atoms with Gasteiger partial charge >= 0.3 is 119 Å². The summed E-state index contributed by atoms with van der Waals surface area (Å²) in [7, 11) is 0. The zero-order valence-corrected chi connectivity index (χ0v) is 78.0. The first-order valence-electron chi connectivity index (χ1n) is 44.6. The van der Waals surface area contributed by atoms with Crippen LogP contribution in [0.25, 0.3) is 0 Å². The van der Waals surface area contributed by atoms with Crippen LogP contribution < -0.4 is 66.3 Å². The Morgan fingerprint density at radius 1 is 0.200 bits per heavy atom. The van der Waals surface area contributed by atoms with Crippen molar-refractivity contribution in [1.29, 1.82) is 0 Å². The fraction of sp³-hybridized carbons (Fsp3) is 0.683. The summed E-state index contributed by atoms with van der Waals surface area (Å²) in [5.41, 5.74) is 32.7. The van der Waals surface area contributed by atoms with E-state index in [-0.39, 0.29) is 91.4 Å². The Hall–Kier alpha value is -14.1. The van der Waals surface area contributed by atoms with Crippen molar-refractivity contribution in [3.63, 3.8) is 0 Å². The van der Waals surface area contributed by atoms with Crippen molar-refractivity contribution >= 4 is 155 Å². The standard InChI is InChI=1S/C42H72N12O18.C30H36O24.C6H12O6.C4H4O3/c43-13-19-49-25(55)1-7-31(61)67-37-38(68-32(62)8-2-26(56)50-20-14-44)40(70-34(64)10-4-28(58)52-22-16-46)42(72-36(66)12-6-30(60)54-24-18-48)41(71-35(65)11-5-29(59)53-23-17-47)39(37)69-33(63)9-3-27(57)51-21-15-45;31-13(32)1-7-19(43)49-25-26(50-20(44)8-2-14(33)34)28(52-22(46)10-4-16(37)38)30(54-24(48)12-6-18(41)42)29(53-23(47)11-5-17(39)40)27(25)51-21(45)9-3-15(35)36;7-1-2(8)4(10)6(12)5(11)3(1)9;5-3-1-2-4(6)7-3/h37-42H,1-24,43-48H2,(H,49,55)(H,50,56)(H,51,57)(H,52,58)(H,53,59)(H,54,60);25-30H,1-12H2,(H,31,32)(H,33,34)(H,35,36)(H,37,38)(H,39,40)(H,41,42);1-12H;1-2H2. The number of rotatable bonds is 60. The van der Waals surface area contributed by atoms with Crippen molar-refractivity contribution in [2.24, 2.45) is 34.4 Å². The van der Waals surface area contributed by atoms with E-state index in [9.17, 15) is 125 Å². The minimum absolute atomic E-state index is 0.0307. The van der Waals surface area contributed by atoms with Gasteiger partial charge in [0.1, 0.15) is 36.6 Å². The molecular weight excluding hydrogens is 1970 g/mol. The summed E-state index contributed by atoms with van der Waals surface area (Å²) in [6.07, 6.45) is -55.6. The van der Waals surface area contributed by atoms with E-state index in [2.05, 4.69) is 36.6 Å². The Labute approximate surface area is 821 Å². The Morgan fingerprint density at radius 3 is 0.386 bits per heavy atom. The summed E-state index contributed by atoms with van der Waals surface area (Å²) in [6.45, 7) is 0.470. The van der Waals surface area contributed by atoms with E-state index in [1.807, 2.05) is 0 Å². The number of amides is 6. The lowest BCUT2D eigenvalue weighted by Gasteiger charge is -2.47. The predicted octanol–water partition coefficient (Wildman–Crippen LogP) is -12.7. The summed E-state index contributed by atoms with van der Waals surface area (Å²) in [5.74, 6) is -30.3. The molecule has 6 amide bonds. The summed E-state index contributed by atoms with van der Waals surface area (Å²) in [6, 6.07) is 0. The molecule has 63 heteroatoms. The number of esters is 14. The fourth-order valence-electron chi connectivity index (χ4n) is 12.4. The number of carboxylic acids is 6. The number of aliphatic carboxylic acids is 6. The Balaban J connectivity index is 0.00000125. The van der Waals surface area contributed by atoms with E-state index in [4.69, 9.17) is 153 Å². The van der Waals surface area contributed by atoms with Crippen LogP contribution in [0.1, 0.15) is 167 Å². The number of nitrogens with one attached hydrogen (secondary N) is 6. The maximum absolute atomic E-state index is 13.8. The van der Waals surface area contributed by atoms with Gasteiger partial charge in [-0.2, -0.15) is 0 Å². The first-order valence-corrected chi connectivity index (χ1v) is 44.6. The molecule has 0 aromatic rings. The number of ether oxygens (including phenoxy) is 13. The summed E-state index contributed by atoms with van der Waals surface area (Å²) in [5, 5.41) is 123. The van der Waals surface area contributed by atoms with Crippen LogP contribution in [0.4, 0.5) is 0 Å². The van der Waals surface area contributed by atoms with E-state index >= 15 is 0 Å². The highest BCUT2D eigenvalue weighted by molar-refractivity contribution is 5.93. The van der Waals surface area contributed by atoms with Crippen molar-refractivity contribution < 1.29 is 248 Å². The van der Waals surface area contributed by atoms with Crippen LogP contribution in [0.5, 0.6) is 0 Å². The molecule has 1 saturated heterocycles. The molecule has 0 bridgehead atoms. The van der Waals surface area contributed by atoms with Crippen LogP contribution in [-0.2, 0) is 186 Å². The molecule has 145 heavy (non-hydrogen) atoms. The van der Waals surface area contributed by atoms with Gasteiger partial charge in [0.15, 0.2) is 73.2 Å². The molecule has 30 N–H and O–H groups in total. The van der Waals surface area contributed by atoms with Gasteiger partial charge in [0.25, 0.3) is 0 Å². The molecule has 0 atom stereocenters. The van der Waals surface area contributed by atoms with Crippen molar-refractivity contribution in [3.8, 4) is 0 Å².